The van der Waals surface area contributed by atoms with Gasteiger partial charge in [-0.25, -0.2) is 0 Å². The number of nitrogens with one attached hydrogen (secondary N) is 1. The van der Waals surface area contributed by atoms with Crippen molar-refractivity contribution in [1.82, 2.24) is 5.32 Å². The molecule has 0 bridgehead atoms. The minimum absolute atomic E-state index is 0.0438. The van der Waals surface area contributed by atoms with Crippen LogP contribution in [0.25, 0.3) is 0 Å². The lowest BCUT2D eigenvalue weighted by Gasteiger charge is -2.28. The fourth-order valence-electron chi connectivity index (χ4n) is 2.30. The molecule has 0 spiro atoms. The topological polar surface area (TPSA) is 75.6 Å². The molecule has 0 aromatic heterocycles. The Balaban J connectivity index is 1.88. The Hall–Kier alpha value is -1.10. The molecule has 1 amide bonds. The van der Waals surface area contributed by atoms with Crippen LogP contribution in [0.3, 0.4) is 0 Å². The molecule has 2 aliphatic rings. The summed E-state index contributed by atoms with van der Waals surface area (Å²) >= 11 is 0. The number of amides is 1. The van der Waals surface area contributed by atoms with E-state index in [4.69, 9.17) is 9.84 Å². The van der Waals surface area contributed by atoms with E-state index in [0.717, 1.165) is 12.8 Å². The molecule has 2 fully saturated rings. The molecule has 2 rings (SSSR count). The molecule has 2 atom stereocenters. The Morgan fingerprint density at radius 2 is 2.18 bits per heavy atom. The second kappa shape index (κ2) is 4.64. The highest BCUT2D eigenvalue weighted by Gasteiger charge is 2.47. The van der Waals surface area contributed by atoms with Crippen molar-refractivity contribution in [3.63, 3.8) is 0 Å². The van der Waals surface area contributed by atoms with Gasteiger partial charge < -0.3 is 15.2 Å². The highest BCUT2D eigenvalue weighted by Crippen LogP contribution is 2.31. The van der Waals surface area contributed by atoms with Crippen LogP contribution in [0.5, 0.6) is 0 Å². The van der Waals surface area contributed by atoms with Crippen LogP contribution < -0.4 is 5.32 Å². The van der Waals surface area contributed by atoms with E-state index in [-0.39, 0.29) is 12.5 Å². The highest BCUT2D eigenvalue weighted by atomic mass is 16.5. The SMILES string of the molecule is CC1(C(=O)O)COCC1NC(=O)CC1CCC1. The third-order valence-electron chi connectivity index (χ3n) is 3.98. The standard InChI is InChI=1S/C12H19NO4/c1-12(11(15)16)7-17-6-9(12)13-10(14)5-8-3-2-4-8/h8-9H,2-7H2,1H3,(H,13,14)(H,15,16). The molecule has 1 saturated heterocycles. The van der Waals surface area contributed by atoms with Gasteiger partial charge >= 0.3 is 5.97 Å². The summed E-state index contributed by atoms with van der Waals surface area (Å²) in [7, 11) is 0. The second-order valence-electron chi connectivity index (χ2n) is 5.36. The summed E-state index contributed by atoms with van der Waals surface area (Å²) in [5.41, 5.74) is -0.991. The van der Waals surface area contributed by atoms with Crippen LogP contribution in [-0.4, -0.2) is 36.2 Å². The number of hydrogen-bond acceptors (Lipinski definition) is 3. The number of rotatable bonds is 4. The molecule has 5 nitrogen and oxygen atoms in total. The van der Waals surface area contributed by atoms with Crippen molar-refractivity contribution in [2.75, 3.05) is 13.2 Å². The Morgan fingerprint density at radius 3 is 2.71 bits per heavy atom. The van der Waals surface area contributed by atoms with E-state index in [2.05, 4.69) is 5.32 Å². The van der Waals surface area contributed by atoms with E-state index in [1.807, 2.05) is 0 Å². The van der Waals surface area contributed by atoms with Gasteiger partial charge in [0, 0.05) is 6.42 Å². The average Bonchev–Trinajstić information content (AvgIpc) is 2.56. The third kappa shape index (κ3) is 2.44. The number of ether oxygens (including phenoxy) is 1. The Kier molecular flexibility index (Phi) is 3.38. The number of carboxylic acids is 1. The maximum absolute atomic E-state index is 11.8. The number of carbonyl (C=O) groups is 2. The molecule has 0 aromatic rings. The predicted octanol–water partition coefficient (Wildman–Crippen LogP) is 0.782. The van der Waals surface area contributed by atoms with E-state index >= 15 is 0 Å². The summed E-state index contributed by atoms with van der Waals surface area (Å²) in [5.74, 6) is -0.463. The van der Waals surface area contributed by atoms with Crippen molar-refractivity contribution in [2.45, 2.75) is 38.6 Å². The first-order valence-corrected chi connectivity index (χ1v) is 6.13. The predicted molar refractivity (Wildman–Crippen MR) is 60.5 cm³/mol. The average molecular weight is 241 g/mol. The largest absolute Gasteiger partial charge is 0.481 e. The van der Waals surface area contributed by atoms with Crippen LogP contribution in [0.1, 0.15) is 32.6 Å². The summed E-state index contributed by atoms with van der Waals surface area (Å²) in [5, 5.41) is 12.0. The van der Waals surface area contributed by atoms with Crippen LogP contribution in [0.4, 0.5) is 0 Å². The zero-order chi connectivity index (χ0) is 12.5. The Bertz CT molecular complexity index is 326. The number of carbonyl (C=O) groups excluding carboxylic acids is 1. The fourth-order valence-corrected chi connectivity index (χ4v) is 2.30. The van der Waals surface area contributed by atoms with Gasteiger partial charge in [0.05, 0.1) is 19.3 Å². The van der Waals surface area contributed by atoms with Crippen LogP contribution >= 0.6 is 0 Å². The van der Waals surface area contributed by atoms with E-state index < -0.39 is 17.4 Å². The normalized spacial score (nSPS) is 33.1. The first-order chi connectivity index (χ1) is 8.02. The number of hydrogen-bond donors (Lipinski definition) is 2. The molecule has 2 unspecified atom stereocenters. The number of carboxylic acid groups (broad SMARTS) is 1. The van der Waals surface area contributed by atoms with E-state index in [1.165, 1.54) is 6.42 Å². The second-order valence-corrected chi connectivity index (χ2v) is 5.36. The van der Waals surface area contributed by atoms with Crippen LogP contribution in [0.2, 0.25) is 0 Å². The lowest BCUT2D eigenvalue weighted by atomic mass is 9.82. The van der Waals surface area contributed by atoms with E-state index in [9.17, 15) is 9.59 Å². The lowest BCUT2D eigenvalue weighted by molar-refractivity contribution is -0.149. The third-order valence-corrected chi connectivity index (χ3v) is 3.98. The van der Waals surface area contributed by atoms with Crippen LogP contribution in [0.15, 0.2) is 0 Å². The maximum atomic E-state index is 11.8. The van der Waals surface area contributed by atoms with E-state index in [1.54, 1.807) is 6.92 Å². The molecule has 1 heterocycles. The van der Waals surface area contributed by atoms with Crippen LogP contribution in [0, 0.1) is 11.3 Å². The molecule has 2 N–H and O–H groups in total. The number of aliphatic carboxylic acids is 1. The van der Waals surface area contributed by atoms with Crippen molar-refractivity contribution in [1.29, 1.82) is 0 Å². The molecule has 0 radical (unpaired) electrons. The summed E-state index contributed by atoms with van der Waals surface area (Å²) in [6.45, 7) is 2.08. The molecule has 1 aliphatic heterocycles. The van der Waals surface area contributed by atoms with E-state index in [0.29, 0.717) is 18.9 Å². The Morgan fingerprint density at radius 1 is 1.47 bits per heavy atom. The molecule has 96 valence electrons. The monoisotopic (exact) mass is 241 g/mol. The van der Waals surface area contributed by atoms with Gasteiger partial charge in [0.2, 0.25) is 5.91 Å². The summed E-state index contributed by atoms with van der Waals surface area (Å²) in [4.78, 5) is 22.9. The summed E-state index contributed by atoms with van der Waals surface area (Å²) in [6.07, 6.45) is 3.96. The Labute approximate surface area is 101 Å². The van der Waals surface area contributed by atoms with Gasteiger partial charge in [0.25, 0.3) is 0 Å². The zero-order valence-corrected chi connectivity index (χ0v) is 10.1. The fraction of sp³-hybridized carbons (Fsp3) is 0.833. The molecule has 1 saturated carbocycles. The summed E-state index contributed by atoms with van der Waals surface area (Å²) < 4.78 is 5.18. The van der Waals surface area contributed by atoms with Gasteiger partial charge in [0.15, 0.2) is 0 Å². The molecule has 17 heavy (non-hydrogen) atoms. The van der Waals surface area contributed by atoms with Crippen molar-refractivity contribution in [3.8, 4) is 0 Å². The van der Waals surface area contributed by atoms with Crippen molar-refractivity contribution in [3.05, 3.63) is 0 Å². The zero-order valence-electron chi connectivity index (χ0n) is 10.1. The minimum Gasteiger partial charge on any atom is -0.481 e. The molecule has 1 aliphatic carbocycles. The quantitative estimate of drug-likeness (QED) is 0.762. The van der Waals surface area contributed by atoms with Crippen molar-refractivity contribution < 1.29 is 19.4 Å². The van der Waals surface area contributed by atoms with Gasteiger partial charge in [-0.3, -0.25) is 9.59 Å². The van der Waals surface area contributed by atoms with Crippen LogP contribution in [-0.2, 0) is 14.3 Å². The maximum Gasteiger partial charge on any atom is 0.313 e. The molecular formula is C12H19NO4. The van der Waals surface area contributed by atoms with Gasteiger partial charge in [0.1, 0.15) is 5.41 Å². The van der Waals surface area contributed by atoms with Crippen molar-refractivity contribution >= 4 is 11.9 Å². The first kappa shape index (κ1) is 12.4. The molecular weight excluding hydrogens is 222 g/mol. The first-order valence-electron chi connectivity index (χ1n) is 6.13. The summed E-state index contributed by atoms with van der Waals surface area (Å²) in [6, 6.07) is -0.410. The van der Waals surface area contributed by atoms with Gasteiger partial charge in [-0.2, -0.15) is 0 Å². The van der Waals surface area contributed by atoms with Gasteiger partial charge in [-0.05, 0) is 25.7 Å². The highest BCUT2D eigenvalue weighted by molar-refractivity contribution is 5.80. The smallest absolute Gasteiger partial charge is 0.313 e. The van der Waals surface area contributed by atoms with Gasteiger partial charge in [-0.1, -0.05) is 6.42 Å². The lowest BCUT2D eigenvalue weighted by Crippen LogP contribution is -2.50. The van der Waals surface area contributed by atoms with Gasteiger partial charge in [-0.15, -0.1) is 0 Å². The molecule has 5 heteroatoms. The minimum atomic E-state index is -0.991. The van der Waals surface area contributed by atoms with Crippen molar-refractivity contribution in [2.24, 2.45) is 11.3 Å². The molecule has 0 aromatic carbocycles.